The third kappa shape index (κ3) is 3.12. The van der Waals surface area contributed by atoms with E-state index >= 15 is 0 Å². The van der Waals surface area contributed by atoms with Crippen LogP contribution in [0.4, 0.5) is 4.39 Å². The number of fused-ring (bicyclic) bond motifs is 2. The van der Waals surface area contributed by atoms with Gasteiger partial charge in [0, 0.05) is 35.9 Å². The molecule has 0 aliphatic carbocycles. The Labute approximate surface area is 165 Å². The van der Waals surface area contributed by atoms with Crippen LogP contribution in [0.3, 0.4) is 0 Å². The Morgan fingerprint density at radius 1 is 1.18 bits per heavy atom. The maximum absolute atomic E-state index is 13.5. The first-order chi connectivity index (χ1) is 13.7. The summed E-state index contributed by atoms with van der Waals surface area (Å²) >= 11 is 6.55. The molecule has 3 heterocycles. The van der Waals surface area contributed by atoms with Crippen LogP contribution in [0.15, 0.2) is 53.4 Å². The number of nitrogens with zero attached hydrogens (tertiary/aromatic N) is 4. The highest BCUT2D eigenvalue weighted by molar-refractivity contribution is 6.32. The van der Waals surface area contributed by atoms with Crippen molar-refractivity contribution >= 4 is 22.5 Å². The molecule has 0 amide bonds. The number of halogens is 2. The molecule has 1 aliphatic rings. The molecule has 28 heavy (non-hydrogen) atoms. The zero-order valence-corrected chi connectivity index (χ0v) is 15.6. The molecule has 0 saturated heterocycles. The molecular formula is C20H16ClFN4O2. The fraction of sp³-hybridized carbons (Fsp3) is 0.200. The Balaban J connectivity index is 1.53. The minimum atomic E-state index is -0.254. The van der Waals surface area contributed by atoms with Gasteiger partial charge in [-0.1, -0.05) is 11.6 Å². The lowest BCUT2D eigenvalue weighted by molar-refractivity contribution is 0.203. The fourth-order valence-electron chi connectivity index (χ4n) is 3.58. The lowest BCUT2D eigenvalue weighted by Crippen LogP contribution is -2.25. The second-order valence-electron chi connectivity index (χ2n) is 6.70. The lowest BCUT2D eigenvalue weighted by Gasteiger charge is -2.17. The Kier molecular flexibility index (Phi) is 4.26. The molecule has 2 aromatic heterocycles. The van der Waals surface area contributed by atoms with Crippen molar-refractivity contribution in [2.24, 2.45) is 0 Å². The van der Waals surface area contributed by atoms with Crippen molar-refractivity contribution in [1.29, 1.82) is 0 Å². The van der Waals surface area contributed by atoms with Gasteiger partial charge in [0.05, 0.1) is 17.1 Å². The Morgan fingerprint density at radius 3 is 2.96 bits per heavy atom. The highest BCUT2D eigenvalue weighted by atomic mass is 35.5. The number of hydrogen-bond donors (Lipinski definition) is 0. The summed E-state index contributed by atoms with van der Waals surface area (Å²) in [5, 5.41) is 9.07. The maximum atomic E-state index is 13.5. The molecule has 142 valence electrons. The van der Waals surface area contributed by atoms with Crippen LogP contribution in [0.5, 0.6) is 5.75 Å². The quantitative estimate of drug-likeness (QED) is 0.517. The molecule has 2 aromatic carbocycles. The molecule has 0 spiro atoms. The Hall–Kier alpha value is -2.90. The topological polar surface area (TPSA) is 56.3 Å². The van der Waals surface area contributed by atoms with Crippen LogP contribution in [0.25, 0.3) is 16.6 Å². The monoisotopic (exact) mass is 398 g/mol. The van der Waals surface area contributed by atoms with Crippen LogP contribution in [0.1, 0.15) is 11.5 Å². The second-order valence-corrected chi connectivity index (χ2v) is 7.10. The van der Waals surface area contributed by atoms with E-state index in [4.69, 9.17) is 20.8 Å². The van der Waals surface area contributed by atoms with Crippen molar-refractivity contribution in [3.63, 3.8) is 0 Å². The molecule has 4 aromatic rings. The molecule has 0 N–H and O–H groups in total. The molecule has 8 heteroatoms. The summed E-state index contributed by atoms with van der Waals surface area (Å²) in [4.78, 5) is 2.17. The van der Waals surface area contributed by atoms with Gasteiger partial charge in [0.2, 0.25) is 12.3 Å². The standard InChI is InChI=1S/C20H16ClFN4O2/c21-17-9-16(26-4-3-13-7-15(22)1-2-18(13)26)8-14-10-25(5-6-27-20(14)17)11-19-24-23-12-28-19/h1-4,7-9,12H,5-6,10-11H2. The highest BCUT2D eigenvalue weighted by Crippen LogP contribution is 2.35. The summed E-state index contributed by atoms with van der Waals surface area (Å²) in [6, 6.07) is 10.6. The molecule has 0 bridgehead atoms. The summed E-state index contributed by atoms with van der Waals surface area (Å²) in [5.41, 5.74) is 2.78. The second kappa shape index (κ2) is 6.92. The molecule has 6 nitrogen and oxygen atoms in total. The van der Waals surface area contributed by atoms with Gasteiger partial charge in [-0.15, -0.1) is 10.2 Å². The van der Waals surface area contributed by atoms with Gasteiger partial charge in [-0.3, -0.25) is 4.90 Å². The van der Waals surface area contributed by atoms with E-state index in [2.05, 4.69) is 21.2 Å². The van der Waals surface area contributed by atoms with Crippen LogP contribution >= 0.6 is 11.6 Å². The van der Waals surface area contributed by atoms with Gasteiger partial charge in [-0.05, 0) is 36.4 Å². The summed E-state index contributed by atoms with van der Waals surface area (Å²) in [6.45, 7) is 2.41. The first kappa shape index (κ1) is 17.2. The van der Waals surface area contributed by atoms with E-state index in [9.17, 15) is 4.39 Å². The van der Waals surface area contributed by atoms with Crippen LogP contribution in [0, 0.1) is 5.82 Å². The van der Waals surface area contributed by atoms with Gasteiger partial charge in [0.1, 0.15) is 18.2 Å². The molecular weight excluding hydrogens is 383 g/mol. The number of benzene rings is 2. The van der Waals surface area contributed by atoms with Crippen molar-refractivity contribution in [2.45, 2.75) is 13.1 Å². The van der Waals surface area contributed by atoms with Gasteiger partial charge in [0.15, 0.2) is 0 Å². The first-order valence-corrected chi connectivity index (χ1v) is 9.25. The van der Waals surface area contributed by atoms with Gasteiger partial charge >= 0.3 is 0 Å². The van der Waals surface area contributed by atoms with Gasteiger partial charge in [0.25, 0.3) is 0 Å². The fourth-order valence-corrected chi connectivity index (χ4v) is 3.87. The van der Waals surface area contributed by atoms with Gasteiger partial charge in [-0.2, -0.15) is 0 Å². The summed E-state index contributed by atoms with van der Waals surface area (Å²) in [5.74, 6) is 1.00. The maximum Gasteiger partial charge on any atom is 0.230 e. The lowest BCUT2D eigenvalue weighted by atomic mass is 10.1. The molecule has 0 radical (unpaired) electrons. The third-order valence-corrected chi connectivity index (χ3v) is 5.13. The number of aromatic nitrogens is 3. The number of hydrogen-bond acceptors (Lipinski definition) is 5. The highest BCUT2D eigenvalue weighted by Gasteiger charge is 2.21. The normalized spacial score (nSPS) is 14.6. The largest absolute Gasteiger partial charge is 0.490 e. The summed E-state index contributed by atoms with van der Waals surface area (Å²) in [6.07, 6.45) is 3.24. The summed E-state index contributed by atoms with van der Waals surface area (Å²) in [7, 11) is 0. The minimum Gasteiger partial charge on any atom is -0.490 e. The SMILES string of the molecule is Fc1ccc2c(ccn2-c2cc(Cl)c3c(c2)CN(Cc2nnco2)CCO3)c1. The molecule has 0 atom stereocenters. The Bertz CT molecular complexity index is 1140. The van der Waals surface area contributed by atoms with Gasteiger partial charge < -0.3 is 13.7 Å². The molecule has 0 fully saturated rings. The molecule has 0 saturated carbocycles. The van der Waals surface area contributed by atoms with Crippen LogP contribution in [-0.2, 0) is 13.1 Å². The van der Waals surface area contributed by atoms with Crippen LogP contribution in [0.2, 0.25) is 5.02 Å². The zero-order chi connectivity index (χ0) is 19.1. The number of rotatable bonds is 3. The van der Waals surface area contributed by atoms with E-state index in [1.54, 1.807) is 6.07 Å². The average molecular weight is 399 g/mol. The predicted molar refractivity (Wildman–Crippen MR) is 102 cm³/mol. The number of ether oxygens (including phenoxy) is 1. The van der Waals surface area contributed by atoms with Crippen molar-refractivity contribution in [1.82, 2.24) is 19.7 Å². The van der Waals surface area contributed by atoms with E-state index < -0.39 is 0 Å². The van der Waals surface area contributed by atoms with Crippen molar-refractivity contribution < 1.29 is 13.5 Å². The van der Waals surface area contributed by atoms with Crippen molar-refractivity contribution in [3.8, 4) is 11.4 Å². The minimum absolute atomic E-state index is 0.254. The Morgan fingerprint density at radius 2 is 2.11 bits per heavy atom. The van der Waals surface area contributed by atoms with Crippen LogP contribution < -0.4 is 4.74 Å². The van der Waals surface area contributed by atoms with E-state index in [0.717, 1.165) is 22.2 Å². The van der Waals surface area contributed by atoms with E-state index in [1.807, 2.05) is 22.9 Å². The van der Waals surface area contributed by atoms with Crippen molar-refractivity contribution in [2.75, 3.05) is 13.2 Å². The first-order valence-electron chi connectivity index (χ1n) is 8.87. The van der Waals surface area contributed by atoms with E-state index in [-0.39, 0.29) is 5.82 Å². The zero-order valence-electron chi connectivity index (χ0n) is 14.8. The molecule has 0 unspecified atom stereocenters. The predicted octanol–water partition coefficient (Wildman–Crippen LogP) is 4.20. The van der Waals surface area contributed by atoms with E-state index in [0.29, 0.717) is 42.9 Å². The van der Waals surface area contributed by atoms with Crippen LogP contribution in [-0.4, -0.2) is 32.8 Å². The van der Waals surface area contributed by atoms with Gasteiger partial charge in [-0.25, -0.2) is 4.39 Å². The molecule has 1 aliphatic heterocycles. The van der Waals surface area contributed by atoms with E-state index in [1.165, 1.54) is 18.5 Å². The summed E-state index contributed by atoms with van der Waals surface area (Å²) < 4.78 is 26.7. The average Bonchev–Trinajstić information content (AvgIpc) is 3.27. The smallest absolute Gasteiger partial charge is 0.230 e. The van der Waals surface area contributed by atoms with Crippen molar-refractivity contribution in [3.05, 3.63) is 71.3 Å². The third-order valence-electron chi connectivity index (χ3n) is 4.85. The molecule has 5 rings (SSSR count).